The number of halogens is 1. The van der Waals surface area contributed by atoms with Crippen molar-refractivity contribution in [2.45, 2.75) is 32.8 Å². The monoisotopic (exact) mass is 271 g/mol. The maximum absolute atomic E-state index is 5.84. The first-order valence-corrected chi connectivity index (χ1v) is 6.05. The minimum Gasteiger partial charge on any atom is -0.490 e. The molecule has 0 radical (unpaired) electrons. The minimum atomic E-state index is 0.224. The Morgan fingerprint density at radius 3 is 2.87 bits per heavy atom. The molecule has 0 aliphatic heterocycles. The van der Waals surface area contributed by atoms with Crippen molar-refractivity contribution in [1.82, 2.24) is 0 Å². The second-order valence-electron chi connectivity index (χ2n) is 3.77. The highest BCUT2D eigenvalue weighted by Gasteiger charge is 2.06. The van der Waals surface area contributed by atoms with Crippen molar-refractivity contribution >= 4 is 15.9 Å². The molecule has 0 bridgehead atoms. The Kier molecular flexibility index (Phi) is 5.12. The Bertz CT molecular complexity index is 314. The molecule has 1 aromatic carbocycles. The lowest BCUT2D eigenvalue weighted by Crippen LogP contribution is -2.14. The van der Waals surface area contributed by atoms with Gasteiger partial charge in [0.2, 0.25) is 0 Å². The van der Waals surface area contributed by atoms with Gasteiger partial charge in [0.1, 0.15) is 5.75 Å². The molecule has 2 nitrogen and oxygen atoms in total. The van der Waals surface area contributed by atoms with Crippen LogP contribution in [0.25, 0.3) is 0 Å². The number of ether oxygens (including phenoxy) is 1. The van der Waals surface area contributed by atoms with Crippen LogP contribution in [-0.2, 0) is 0 Å². The van der Waals surface area contributed by atoms with Crippen LogP contribution in [0.2, 0.25) is 0 Å². The first-order chi connectivity index (χ1) is 7.13. The van der Waals surface area contributed by atoms with Crippen LogP contribution in [0.4, 0.5) is 0 Å². The summed E-state index contributed by atoms with van der Waals surface area (Å²) >= 11 is 3.44. The van der Waals surface area contributed by atoms with Crippen LogP contribution in [0.1, 0.15) is 25.3 Å². The molecule has 0 aromatic heterocycles. The molecule has 0 aliphatic rings. The van der Waals surface area contributed by atoms with Crippen molar-refractivity contribution in [3.63, 3.8) is 0 Å². The Hall–Kier alpha value is -0.540. The maximum Gasteiger partial charge on any atom is 0.123 e. The molecule has 1 unspecified atom stereocenters. The number of benzene rings is 1. The van der Waals surface area contributed by atoms with Crippen molar-refractivity contribution in [3.8, 4) is 5.75 Å². The van der Waals surface area contributed by atoms with Gasteiger partial charge < -0.3 is 10.5 Å². The summed E-state index contributed by atoms with van der Waals surface area (Å²) in [6.07, 6.45) is 2.23. The fourth-order valence-electron chi connectivity index (χ4n) is 1.38. The van der Waals surface area contributed by atoms with E-state index < -0.39 is 0 Å². The average Bonchev–Trinajstić information content (AvgIpc) is 2.20. The van der Waals surface area contributed by atoms with Gasteiger partial charge in [-0.05, 0) is 50.9 Å². The van der Waals surface area contributed by atoms with E-state index >= 15 is 0 Å². The van der Waals surface area contributed by atoms with Gasteiger partial charge in [0.25, 0.3) is 0 Å². The third-order valence-electron chi connectivity index (χ3n) is 2.29. The highest BCUT2D eigenvalue weighted by molar-refractivity contribution is 9.10. The van der Waals surface area contributed by atoms with Crippen LogP contribution >= 0.6 is 15.9 Å². The Morgan fingerprint density at radius 2 is 2.20 bits per heavy atom. The molecule has 0 heterocycles. The van der Waals surface area contributed by atoms with E-state index in [9.17, 15) is 0 Å². The smallest absolute Gasteiger partial charge is 0.123 e. The number of aryl methyl sites for hydroxylation is 1. The van der Waals surface area contributed by atoms with Gasteiger partial charge in [-0.3, -0.25) is 0 Å². The molecule has 0 amide bonds. The van der Waals surface area contributed by atoms with E-state index in [1.165, 1.54) is 0 Å². The van der Waals surface area contributed by atoms with Crippen LogP contribution in [-0.4, -0.2) is 12.6 Å². The minimum absolute atomic E-state index is 0.224. The molecule has 1 rings (SSSR count). The predicted octanol–water partition coefficient (Wildman–Crippen LogP) is 3.26. The number of hydrogen-bond donors (Lipinski definition) is 1. The molecule has 0 saturated carbocycles. The SMILES string of the molecule is Cc1ccc(Br)cc1OC(C)CCCN. The van der Waals surface area contributed by atoms with Crippen molar-refractivity contribution in [3.05, 3.63) is 28.2 Å². The summed E-state index contributed by atoms with van der Waals surface area (Å²) in [6.45, 7) is 4.86. The third-order valence-corrected chi connectivity index (χ3v) is 2.79. The van der Waals surface area contributed by atoms with E-state index in [1.807, 2.05) is 12.1 Å². The van der Waals surface area contributed by atoms with Crippen LogP contribution in [0.15, 0.2) is 22.7 Å². The zero-order valence-electron chi connectivity index (χ0n) is 9.29. The van der Waals surface area contributed by atoms with E-state index in [4.69, 9.17) is 10.5 Å². The van der Waals surface area contributed by atoms with E-state index in [-0.39, 0.29) is 6.10 Å². The first-order valence-electron chi connectivity index (χ1n) is 5.26. The Morgan fingerprint density at radius 1 is 1.47 bits per heavy atom. The summed E-state index contributed by atoms with van der Waals surface area (Å²) in [5, 5.41) is 0. The summed E-state index contributed by atoms with van der Waals surface area (Å²) in [5.74, 6) is 0.953. The molecule has 1 aromatic rings. The molecular weight excluding hydrogens is 254 g/mol. The van der Waals surface area contributed by atoms with Gasteiger partial charge >= 0.3 is 0 Å². The molecule has 3 heteroatoms. The van der Waals surface area contributed by atoms with Crippen LogP contribution in [0, 0.1) is 6.92 Å². The van der Waals surface area contributed by atoms with Gasteiger partial charge in [-0.2, -0.15) is 0 Å². The van der Waals surface area contributed by atoms with E-state index in [1.54, 1.807) is 0 Å². The van der Waals surface area contributed by atoms with E-state index in [2.05, 4.69) is 35.8 Å². The van der Waals surface area contributed by atoms with Crippen LogP contribution in [0.3, 0.4) is 0 Å². The van der Waals surface area contributed by atoms with Gasteiger partial charge in [-0.1, -0.05) is 22.0 Å². The van der Waals surface area contributed by atoms with E-state index in [0.717, 1.165) is 35.2 Å². The highest BCUT2D eigenvalue weighted by Crippen LogP contribution is 2.24. The zero-order chi connectivity index (χ0) is 11.3. The highest BCUT2D eigenvalue weighted by atomic mass is 79.9. The summed E-state index contributed by atoms with van der Waals surface area (Å²) in [5.41, 5.74) is 6.63. The number of nitrogens with two attached hydrogens (primary N) is 1. The van der Waals surface area contributed by atoms with Crippen molar-refractivity contribution in [1.29, 1.82) is 0 Å². The molecule has 1 atom stereocenters. The van der Waals surface area contributed by atoms with Gasteiger partial charge in [-0.25, -0.2) is 0 Å². The molecule has 0 spiro atoms. The van der Waals surface area contributed by atoms with Crippen LogP contribution < -0.4 is 10.5 Å². The molecular formula is C12H18BrNO. The van der Waals surface area contributed by atoms with Crippen molar-refractivity contribution in [2.24, 2.45) is 5.73 Å². The maximum atomic E-state index is 5.84. The van der Waals surface area contributed by atoms with Gasteiger partial charge in [0.15, 0.2) is 0 Å². The Labute approximate surface area is 99.9 Å². The molecule has 0 aliphatic carbocycles. The third kappa shape index (κ3) is 4.22. The lowest BCUT2D eigenvalue weighted by molar-refractivity contribution is 0.207. The van der Waals surface area contributed by atoms with Gasteiger partial charge in [-0.15, -0.1) is 0 Å². The van der Waals surface area contributed by atoms with Gasteiger partial charge in [0, 0.05) is 4.47 Å². The Balaban J connectivity index is 2.59. The molecule has 0 saturated heterocycles. The summed E-state index contributed by atoms with van der Waals surface area (Å²) < 4.78 is 6.89. The van der Waals surface area contributed by atoms with Gasteiger partial charge in [0.05, 0.1) is 6.10 Å². The van der Waals surface area contributed by atoms with Crippen molar-refractivity contribution < 1.29 is 4.74 Å². The zero-order valence-corrected chi connectivity index (χ0v) is 10.9. The second-order valence-corrected chi connectivity index (χ2v) is 4.68. The van der Waals surface area contributed by atoms with Crippen molar-refractivity contribution in [2.75, 3.05) is 6.54 Å². The predicted molar refractivity (Wildman–Crippen MR) is 67.3 cm³/mol. The summed E-state index contributed by atoms with van der Waals surface area (Å²) in [4.78, 5) is 0. The van der Waals surface area contributed by atoms with E-state index in [0.29, 0.717) is 0 Å². The largest absolute Gasteiger partial charge is 0.490 e. The van der Waals surface area contributed by atoms with Crippen LogP contribution in [0.5, 0.6) is 5.75 Å². The fourth-order valence-corrected chi connectivity index (χ4v) is 1.72. The molecule has 0 fully saturated rings. The second kappa shape index (κ2) is 6.13. The molecule has 2 N–H and O–H groups in total. The number of rotatable bonds is 5. The molecule has 15 heavy (non-hydrogen) atoms. The lowest BCUT2D eigenvalue weighted by atomic mass is 10.2. The summed E-state index contributed by atoms with van der Waals surface area (Å²) in [7, 11) is 0. The lowest BCUT2D eigenvalue weighted by Gasteiger charge is -2.16. The fraction of sp³-hybridized carbons (Fsp3) is 0.500. The summed E-state index contributed by atoms with van der Waals surface area (Å²) in [6, 6.07) is 6.08. The topological polar surface area (TPSA) is 35.2 Å². The first kappa shape index (κ1) is 12.5. The normalized spacial score (nSPS) is 12.5. The average molecular weight is 272 g/mol. The quantitative estimate of drug-likeness (QED) is 0.892. The standard InChI is InChI=1S/C12H18BrNO/c1-9-5-6-11(13)8-12(9)15-10(2)4-3-7-14/h5-6,8,10H,3-4,7,14H2,1-2H3. The molecule has 84 valence electrons. The number of hydrogen-bond acceptors (Lipinski definition) is 2.